The minimum Gasteiger partial charge on any atom is -0.0955 e. The molecule has 0 amide bonds. The summed E-state index contributed by atoms with van der Waals surface area (Å²) in [6.45, 7) is 16.8. The average molecular weight is 270 g/mol. The van der Waals surface area contributed by atoms with Gasteiger partial charge in [-0.3, -0.25) is 0 Å². The van der Waals surface area contributed by atoms with Gasteiger partial charge in [0.15, 0.2) is 0 Å². The van der Waals surface area contributed by atoms with E-state index >= 15 is 0 Å². The summed E-state index contributed by atoms with van der Waals surface area (Å²) in [5.74, 6) is 0.869. The maximum Gasteiger partial charge on any atom is 0.00708 e. The monoisotopic (exact) mass is 270 g/mol. The summed E-state index contributed by atoms with van der Waals surface area (Å²) >= 11 is 0. The highest BCUT2D eigenvalue weighted by Crippen LogP contribution is 2.86. The summed E-state index contributed by atoms with van der Waals surface area (Å²) in [5.41, 5.74) is 4.80. The zero-order chi connectivity index (χ0) is 14.4. The Bertz CT molecular complexity index is 514. The van der Waals surface area contributed by atoms with Crippen LogP contribution in [0.15, 0.2) is 24.3 Å². The molecule has 4 aliphatic carbocycles. The van der Waals surface area contributed by atoms with Crippen molar-refractivity contribution >= 4 is 0 Å². The fraction of sp³-hybridized carbons (Fsp3) is 0.800. The van der Waals surface area contributed by atoms with Crippen molar-refractivity contribution in [3.63, 3.8) is 0 Å². The van der Waals surface area contributed by atoms with Crippen LogP contribution in [0.1, 0.15) is 72.1 Å². The van der Waals surface area contributed by atoms with Crippen LogP contribution in [0.2, 0.25) is 0 Å². The predicted molar refractivity (Wildman–Crippen MR) is 85.5 cm³/mol. The first kappa shape index (κ1) is 13.2. The Balaban J connectivity index is 1.99. The minimum absolute atomic E-state index is 0.395. The molecule has 0 aliphatic heterocycles. The zero-order valence-electron chi connectivity index (χ0n) is 13.6. The average Bonchev–Trinajstić information content (AvgIpc) is 2.88. The van der Waals surface area contributed by atoms with Crippen LogP contribution < -0.4 is 0 Å². The largest absolute Gasteiger partial charge is 0.0955 e. The van der Waals surface area contributed by atoms with E-state index in [4.69, 9.17) is 0 Å². The standard InChI is InChI=1S/C20H30/c1-14-13-18(5)10-11-19-15(2)7-6-8-17(19,4)9-12-20(18,19)16(14)3/h15H,1,3,6-13H2,2,4-5H3/t15-,17+,18-,19+,20-/m1/s1. The van der Waals surface area contributed by atoms with Crippen LogP contribution >= 0.6 is 0 Å². The third-order valence-corrected chi connectivity index (χ3v) is 8.74. The van der Waals surface area contributed by atoms with E-state index in [2.05, 4.69) is 33.9 Å². The van der Waals surface area contributed by atoms with E-state index in [1.54, 1.807) is 0 Å². The molecular formula is C20H30. The zero-order valence-corrected chi connectivity index (χ0v) is 13.6. The second-order valence-corrected chi connectivity index (χ2v) is 9.05. The predicted octanol–water partition coefficient (Wildman–Crippen LogP) is 5.90. The van der Waals surface area contributed by atoms with Crippen molar-refractivity contribution in [2.75, 3.05) is 0 Å². The molecule has 4 saturated carbocycles. The number of rotatable bonds is 0. The fourth-order valence-corrected chi connectivity index (χ4v) is 8.02. The van der Waals surface area contributed by atoms with Crippen molar-refractivity contribution in [2.24, 2.45) is 27.6 Å². The first-order valence-corrected chi connectivity index (χ1v) is 8.71. The Morgan fingerprint density at radius 2 is 1.65 bits per heavy atom. The van der Waals surface area contributed by atoms with Crippen LogP contribution in [-0.4, -0.2) is 0 Å². The highest BCUT2D eigenvalue weighted by Gasteiger charge is 2.78. The molecule has 110 valence electrons. The van der Waals surface area contributed by atoms with Crippen molar-refractivity contribution in [1.82, 2.24) is 0 Å². The van der Waals surface area contributed by atoms with Gasteiger partial charge >= 0.3 is 0 Å². The summed E-state index contributed by atoms with van der Waals surface area (Å²) < 4.78 is 0. The molecule has 0 aromatic rings. The molecule has 0 heteroatoms. The van der Waals surface area contributed by atoms with Gasteiger partial charge in [-0.05, 0) is 66.3 Å². The van der Waals surface area contributed by atoms with Gasteiger partial charge in [0.05, 0.1) is 0 Å². The highest BCUT2D eigenvalue weighted by molar-refractivity contribution is 5.49. The Morgan fingerprint density at radius 3 is 2.40 bits per heavy atom. The second kappa shape index (κ2) is 3.45. The smallest absolute Gasteiger partial charge is 0.00708 e. The second-order valence-electron chi connectivity index (χ2n) is 9.05. The minimum atomic E-state index is 0.395. The third-order valence-electron chi connectivity index (χ3n) is 8.74. The molecule has 0 nitrogen and oxygen atoms in total. The van der Waals surface area contributed by atoms with E-state index in [0.717, 1.165) is 5.92 Å². The molecule has 4 aliphatic rings. The van der Waals surface area contributed by atoms with Crippen molar-refractivity contribution < 1.29 is 0 Å². The van der Waals surface area contributed by atoms with E-state index in [-0.39, 0.29) is 0 Å². The van der Waals surface area contributed by atoms with Crippen LogP contribution in [0.3, 0.4) is 0 Å². The maximum absolute atomic E-state index is 4.61. The third kappa shape index (κ3) is 1.01. The van der Waals surface area contributed by atoms with Gasteiger partial charge in [0.1, 0.15) is 0 Å². The SMILES string of the molecule is C=C1C[C@@]2(C)CC[C@]34[C@H](C)CCC[C@@]3(C)CC[C@@]24C1=C. The molecule has 4 rings (SSSR count). The first-order chi connectivity index (χ1) is 9.33. The van der Waals surface area contributed by atoms with Gasteiger partial charge in [-0.25, -0.2) is 0 Å². The van der Waals surface area contributed by atoms with E-state index in [0.29, 0.717) is 21.7 Å². The molecule has 2 spiro atoms. The molecule has 20 heavy (non-hydrogen) atoms. The Hall–Kier alpha value is -0.520. The van der Waals surface area contributed by atoms with Gasteiger partial charge in [-0.2, -0.15) is 0 Å². The number of hydrogen-bond acceptors (Lipinski definition) is 0. The van der Waals surface area contributed by atoms with E-state index in [1.807, 2.05) is 0 Å². The number of hydrogen-bond donors (Lipinski definition) is 0. The highest BCUT2D eigenvalue weighted by atomic mass is 14.8. The van der Waals surface area contributed by atoms with Gasteiger partial charge in [0, 0.05) is 5.41 Å². The molecular weight excluding hydrogens is 240 g/mol. The van der Waals surface area contributed by atoms with Crippen molar-refractivity contribution in [1.29, 1.82) is 0 Å². The van der Waals surface area contributed by atoms with Gasteiger partial charge in [-0.1, -0.05) is 52.3 Å². The molecule has 0 aromatic heterocycles. The van der Waals surface area contributed by atoms with E-state index in [1.165, 1.54) is 62.5 Å². The Labute approximate surface area is 124 Å². The maximum atomic E-state index is 4.61. The molecule has 0 radical (unpaired) electrons. The Kier molecular flexibility index (Phi) is 2.27. The van der Waals surface area contributed by atoms with Crippen molar-refractivity contribution in [2.45, 2.75) is 72.1 Å². The fourth-order valence-electron chi connectivity index (χ4n) is 8.02. The van der Waals surface area contributed by atoms with Crippen LogP contribution in [-0.2, 0) is 0 Å². The van der Waals surface area contributed by atoms with Crippen molar-refractivity contribution in [3.05, 3.63) is 24.3 Å². The van der Waals surface area contributed by atoms with Crippen LogP contribution in [0.4, 0.5) is 0 Å². The van der Waals surface area contributed by atoms with Crippen LogP contribution in [0.5, 0.6) is 0 Å². The molecule has 0 bridgehead atoms. The lowest BCUT2D eigenvalue weighted by Gasteiger charge is -2.58. The quantitative estimate of drug-likeness (QED) is 0.514. The van der Waals surface area contributed by atoms with Gasteiger partial charge in [-0.15, -0.1) is 0 Å². The lowest BCUT2D eigenvalue weighted by Crippen LogP contribution is -2.52. The van der Waals surface area contributed by atoms with Gasteiger partial charge in [0.25, 0.3) is 0 Å². The van der Waals surface area contributed by atoms with Crippen molar-refractivity contribution in [3.8, 4) is 0 Å². The summed E-state index contributed by atoms with van der Waals surface area (Å²) in [5, 5.41) is 0. The topological polar surface area (TPSA) is 0 Å². The molecule has 4 fully saturated rings. The summed E-state index contributed by atoms with van der Waals surface area (Å²) in [6, 6.07) is 0. The normalized spacial score (nSPS) is 57.6. The summed E-state index contributed by atoms with van der Waals surface area (Å²) in [4.78, 5) is 0. The van der Waals surface area contributed by atoms with Gasteiger partial charge < -0.3 is 0 Å². The first-order valence-electron chi connectivity index (χ1n) is 8.71. The number of allylic oxidation sites excluding steroid dienone is 2. The van der Waals surface area contributed by atoms with E-state index in [9.17, 15) is 0 Å². The van der Waals surface area contributed by atoms with Gasteiger partial charge in [0.2, 0.25) is 0 Å². The molecule has 0 N–H and O–H groups in total. The lowest BCUT2D eigenvalue weighted by atomic mass is 9.45. The Morgan fingerprint density at radius 1 is 0.950 bits per heavy atom. The molecule has 0 heterocycles. The lowest BCUT2D eigenvalue weighted by molar-refractivity contribution is -0.0822. The van der Waals surface area contributed by atoms with E-state index < -0.39 is 0 Å². The van der Waals surface area contributed by atoms with Crippen LogP contribution in [0, 0.1) is 27.6 Å². The summed E-state index contributed by atoms with van der Waals surface area (Å²) in [7, 11) is 0. The molecule has 0 unspecified atom stereocenters. The van der Waals surface area contributed by atoms with Crippen LogP contribution in [0.25, 0.3) is 0 Å². The molecule has 5 atom stereocenters. The molecule has 0 saturated heterocycles. The summed E-state index contributed by atoms with van der Waals surface area (Å²) in [6.07, 6.45) is 11.2. The molecule has 0 aromatic carbocycles.